The Labute approximate surface area is 119 Å². The molecular formula is C15H21N3O2. The highest BCUT2D eigenvalue weighted by Gasteiger charge is 2.17. The van der Waals surface area contributed by atoms with E-state index < -0.39 is 0 Å². The van der Waals surface area contributed by atoms with Crippen LogP contribution in [-0.2, 0) is 16.0 Å². The molecule has 1 fully saturated rings. The second-order valence-electron chi connectivity index (χ2n) is 5.00. The molecule has 0 aliphatic carbocycles. The van der Waals surface area contributed by atoms with Crippen molar-refractivity contribution < 1.29 is 9.59 Å². The summed E-state index contributed by atoms with van der Waals surface area (Å²) in [7, 11) is 0. The molecule has 0 aromatic heterocycles. The summed E-state index contributed by atoms with van der Waals surface area (Å²) in [5.41, 5.74) is 1.29. The molecular weight excluding hydrogens is 254 g/mol. The fraction of sp³-hybridized carbons (Fsp3) is 0.467. The van der Waals surface area contributed by atoms with Crippen LogP contribution in [0.3, 0.4) is 0 Å². The van der Waals surface area contributed by atoms with E-state index in [1.54, 1.807) is 0 Å². The lowest BCUT2D eigenvalue weighted by Gasteiger charge is -2.25. The zero-order valence-corrected chi connectivity index (χ0v) is 11.6. The minimum Gasteiger partial charge on any atom is -0.355 e. The highest BCUT2D eigenvalue weighted by Crippen LogP contribution is 2.01. The van der Waals surface area contributed by atoms with Crippen LogP contribution in [-0.4, -0.2) is 49.4 Å². The maximum Gasteiger partial charge on any atom is 0.234 e. The highest BCUT2D eigenvalue weighted by atomic mass is 16.2. The first-order chi connectivity index (χ1) is 9.74. The van der Waals surface area contributed by atoms with Gasteiger partial charge in [-0.15, -0.1) is 0 Å². The van der Waals surface area contributed by atoms with Gasteiger partial charge in [0.05, 0.1) is 13.1 Å². The summed E-state index contributed by atoms with van der Waals surface area (Å²) in [6, 6.07) is 10.2. The van der Waals surface area contributed by atoms with Gasteiger partial charge in [-0.05, 0) is 18.4 Å². The van der Waals surface area contributed by atoms with Gasteiger partial charge in [-0.3, -0.25) is 14.5 Å². The van der Waals surface area contributed by atoms with E-state index in [1.165, 1.54) is 5.56 Å². The van der Waals surface area contributed by atoms with Gasteiger partial charge in [-0.25, -0.2) is 0 Å². The molecule has 1 heterocycles. The van der Waals surface area contributed by atoms with Crippen LogP contribution in [0, 0.1) is 0 Å². The molecule has 0 bridgehead atoms. The van der Waals surface area contributed by atoms with Crippen LogP contribution in [0.4, 0.5) is 0 Å². The third kappa shape index (κ3) is 5.01. The van der Waals surface area contributed by atoms with E-state index in [4.69, 9.17) is 0 Å². The summed E-state index contributed by atoms with van der Waals surface area (Å²) >= 11 is 0. The van der Waals surface area contributed by atoms with Crippen molar-refractivity contribution in [1.29, 1.82) is 0 Å². The van der Waals surface area contributed by atoms with Crippen molar-refractivity contribution in [2.24, 2.45) is 0 Å². The van der Waals surface area contributed by atoms with Crippen molar-refractivity contribution in [3.8, 4) is 0 Å². The Balaban J connectivity index is 1.59. The topological polar surface area (TPSA) is 61.4 Å². The maximum atomic E-state index is 11.7. The lowest BCUT2D eigenvalue weighted by Crippen LogP contribution is -2.50. The zero-order valence-electron chi connectivity index (χ0n) is 11.6. The molecule has 5 nitrogen and oxygen atoms in total. The van der Waals surface area contributed by atoms with E-state index in [2.05, 4.69) is 22.8 Å². The average molecular weight is 275 g/mol. The largest absolute Gasteiger partial charge is 0.355 e. The number of piperazine rings is 1. The first-order valence-corrected chi connectivity index (χ1v) is 7.04. The molecule has 0 spiro atoms. The number of benzene rings is 1. The number of carbonyl (C=O) groups excluding carboxylic acids is 2. The number of aryl methyl sites for hydroxylation is 1. The van der Waals surface area contributed by atoms with Gasteiger partial charge in [-0.2, -0.15) is 0 Å². The van der Waals surface area contributed by atoms with Crippen LogP contribution in [0.15, 0.2) is 30.3 Å². The average Bonchev–Trinajstić information content (AvgIpc) is 2.45. The Morgan fingerprint density at radius 2 is 2.10 bits per heavy atom. The van der Waals surface area contributed by atoms with Gasteiger partial charge in [0.2, 0.25) is 11.8 Å². The quantitative estimate of drug-likeness (QED) is 0.727. The van der Waals surface area contributed by atoms with Crippen LogP contribution >= 0.6 is 0 Å². The summed E-state index contributed by atoms with van der Waals surface area (Å²) in [6.07, 6.45) is 1.89. The molecule has 20 heavy (non-hydrogen) atoms. The second kappa shape index (κ2) is 7.65. The minimum absolute atomic E-state index is 0.00636. The Morgan fingerprint density at radius 3 is 2.85 bits per heavy atom. The van der Waals surface area contributed by atoms with Crippen molar-refractivity contribution in [2.45, 2.75) is 12.8 Å². The molecule has 2 N–H and O–H groups in total. The number of nitrogens with zero attached hydrogens (tertiary/aromatic N) is 1. The number of hydrogen-bond donors (Lipinski definition) is 2. The molecule has 0 atom stereocenters. The predicted octanol–water partition coefficient (Wildman–Crippen LogP) is 0.167. The number of carbonyl (C=O) groups is 2. The van der Waals surface area contributed by atoms with Gasteiger partial charge in [-0.1, -0.05) is 30.3 Å². The van der Waals surface area contributed by atoms with Gasteiger partial charge in [0.1, 0.15) is 0 Å². The molecule has 2 amide bonds. The Hall–Kier alpha value is -1.88. The van der Waals surface area contributed by atoms with Crippen LogP contribution < -0.4 is 10.6 Å². The number of amides is 2. The first kappa shape index (κ1) is 14.5. The fourth-order valence-corrected chi connectivity index (χ4v) is 2.25. The molecule has 0 saturated carbocycles. The van der Waals surface area contributed by atoms with E-state index in [0.717, 1.165) is 19.4 Å². The Kier molecular flexibility index (Phi) is 5.55. The van der Waals surface area contributed by atoms with E-state index in [0.29, 0.717) is 26.2 Å². The minimum atomic E-state index is -0.00670. The summed E-state index contributed by atoms with van der Waals surface area (Å²) in [5.74, 6) is -0.0131. The summed E-state index contributed by atoms with van der Waals surface area (Å²) in [4.78, 5) is 24.8. The smallest absolute Gasteiger partial charge is 0.234 e. The normalized spacial score (nSPS) is 15.7. The molecule has 5 heteroatoms. The Morgan fingerprint density at radius 1 is 1.30 bits per heavy atom. The van der Waals surface area contributed by atoms with Gasteiger partial charge < -0.3 is 10.6 Å². The third-order valence-corrected chi connectivity index (χ3v) is 3.29. The second-order valence-corrected chi connectivity index (χ2v) is 5.00. The van der Waals surface area contributed by atoms with Crippen LogP contribution in [0.2, 0.25) is 0 Å². The zero-order chi connectivity index (χ0) is 14.2. The first-order valence-electron chi connectivity index (χ1n) is 7.04. The third-order valence-electron chi connectivity index (χ3n) is 3.29. The lowest BCUT2D eigenvalue weighted by atomic mass is 10.1. The van der Waals surface area contributed by atoms with E-state index in [9.17, 15) is 9.59 Å². The molecule has 1 aromatic rings. The molecule has 1 saturated heterocycles. The fourth-order valence-electron chi connectivity index (χ4n) is 2.25. The molecule has 1 aliphatic rings. The van der Waals surface area contributed by atoms with Crippen molar-refractivity contribution in [1.82, 2.24) is 15.5 Å². The maximum absolute atomic E-state index is 11.7. The SMILES string of the molecule is O=C(CN1CCNC(=O)C1)NCCCc1ccccc1. The van der Waals surface area contributed by atoms with Crippen LogP contribution in [0.25, 0.3) is 0 Å². The molecule has 0 radical (unpaired) electrons. The molecule has 0 unspecified atom stereocenters. The molecule has 2 rings (SSSR count). The number of hydrogen-bond acceptors (Lipinski definition) is 3. The molecule has 1 aliphatic heterocycles. The standard InChI is InChI=1S/C15H21N3O2/c19-14(11-18-10-9-17-15(20)12-18)16-8-4-7-13-5-2-1-3-6-13/h1-3,5-6H,4,7-12H2,(H,16,19)(H,17,20). The van der Waals surface area contributed by atoms with Gasteiger partial charge in [0, 0.05) is 19.6 Å². The number of rotatable bonds is 6. The van der Waals surface area contributed by atoms with Crippen molar-refractivity contribution in [3.63, 3.8) is 0 Å². The Bertz CT molecular complexity index is 448. The number of nitrogens with one attached hydrogen (secondary N) is 2. The predicted molar refractivity (Wildman–Crippen MR) is 77.2 cm³/mol. The van der Waals surface area contributed by atoms with Crippen molar-refractivity contribution in [3.05, 3.63) is 35.9 Å². The summed E-state index contributed by atoms with van der Waals surface area (Å²) in [5, 5.41) is 5.65. The van der Waals surface area contributed by atoms with Crippen LogP contribution in [0.1, 0.15) is 12.0 Å². The monoisotopic (exact) mass is 275 g/mol. The van der Waals surface area contributed by atoms with Crippen molar-refractivity contribution >= 4 is 11.8 Å². The molecule has 1 aromatic carbocycles. The van der Waals surface area contributed by atoms with E-state index in [-0.39, 0.29) is 11.8 Å². The summed E-state index contributed by atoms with van der Waals surface area (Å²) in [6.45, 7) is 2.66. The lowest BCUT2D eigenvalue weighted by molar-refractivity contribution is -0.126. The van der Waals surface area contributed by atoms with Gasteiger partial charge >= 0.3 is 0 Å². The highest BCUT2D eigenvalue weighted by molar-refractivity contribution is 5.81. The van der Waals surface area contributed by atoms with E-state index in [1.807, 2.05) is 23.1 Å². The van der Waals surface area contributed by atoms with E-state index >= 15 is 0 Å². The van der Waals surface area contributed by atoms with Gasteiger partial charge in [0.25, 0.3) is 0 Å². The summed E-state index contributed by atoms with van der Waals surface area (Å²) < 4.78 is 0. The molecule has 108 valence electrons. The van der Waals surface area contributed by atoms with Crippen molar-refractivity contribution in [2.75, 3.05) is 32.7 Å². The van der Waals surface area contributed by atoms with Gasteiger partial charge in [0.15, 0.2) is 0 Å². The van der Waals surface area contributed by atoms with Crippen LogP contribution in [0.5, 0.6) is 0 Å².